The minimum atomic E-state index is -3.08. The van der Waals surface area contributed by atoms with E-state index in [1.54, 1.807) is 13.4 Å². The lowest BCUT2D eigenvalue weighted by atomic mass is 9.80. The highest BCUT2D eigenvalue weighted by atomic mass is 28.4. The van der Waals surface area contributed by atoms with Gasteiger partial charge < -0.3 is 37.0 Å². The zero-order valence-electron chi connectivity index (χ0n) is 41.5. The summed E-state index contributed by atoms with van der Waals surface area (Å²) in [6.07, 6.45) is 4.51. The molecule has 0 amide bonds. The first-order valence-corrected chi connectivity index (χ1v) is 31.6. The number of nitrogens with zero attached hydrogens (tertiary/aromatic N) is 1. The second kappa shape index (κ2) is 21.9. The highest BCUT2D eigenvalue weighted by Crippen LogP contribution is 2.40. The zero-order chi connectivity index (χ0) is 47.0. The van der Waals surface area contributed by atoms with E-state index in [0.29, 0.717) is 37.6 Å². The molecule has 4 aromatic rings. The van der Waals surface area contributed by atoms with Gasteiger partial charge in [0.05, 0.1) is 43.5 Å². The largest absolute Gasteiger partial charge is 0.448 e. The Balaban J connectivity index is 1.30. The topological polar surface area (TPSA) is 102 Å². The highest BCUT2D eigenvalue weighted by Gasteiger charge is 2.51. The number of ether oxygens (including phenoxy) is 3. The second-order valence-electron chi connectivity index (χ2n) is 20.3. The Morgan fingerprint density at radius 2 is 1.40 bits per heavy atom. The Labute approximate surface area is 394 Å². The number of hydrogen-bond acceptors (Lipinski definition) is 9. The first-order chi connectivity index (χ1) is 30.9. The lowest BCUT2D eigenvalue weighted by Crippen LogP contribution is -2.72. The van der Waals surface area contributed by atoms with E-state index in [2.05, 4.69) is 172 Å². The third-order valence-electron chi connectivity index (χ3n) is 15.1. The van der Waals surface area contributed by atoms with E-state index in [9.17, 15) is 5.11 Å². The molecule has 356 valence electrons. The minimum absolute atomic E-state index is 0.0176. The number of oxazole rings is 1. The normalized spacial score (nSPS) is 26.0. The standard InChI is InChI=1S/C53H79NO8Si3/c1-13-64(14-2,15-3)58-32-31-48-40(5)51(62-65(45-25-19-16-20-26-45,46-27-21-17-22-28-46)47-29-23-18-24-30-47)41(6)50(60-48)39(4)33-42-37-57-49(54-42)36-53(55)35-43(56-10)34-44(61-53)38-59-63(11,12)52(7,8)9/h16-30,33,37,40-41,43-44,48,50-51,55H,13-15,31-32,34-36,38H2,1-12H3/b39-33+/t40-,41-,43+,44+,48+,50-,51-,53-/m0/s1. The van der Waals surface area contributed by atoms with Crippen molar-refractivity contribution < 1.29 is 37.0 Å². The van der Waals surface area contributed by atoms with Gasteiger partial charge in [0, 0.05) is 38.4 Å². The van der Waals surface area contributed by atoms with Crippen LogP contribution in [0, 0.1) is 11.8 Å². The Kier molecular flexibility index (Phi) is 17.3. The first-order valence-electron chi connectivity index (χ1n) is 24.2. The Morgan fingerprint density at radius 3 is 1.91 bits per heavy atom. The van der Waals surface area contributed by atoms with Crippen molar-refractivity contribution in [3.05, 3.63) is 114 Å². The molecule has 6 rings (SSSR count). The van der Waals surface area contributed by atoms with E-state index < -0.39 is 30.7 Å². The number of aromatic nitrogens is 1. The molecule has 3 aromatic carbocycles. The van der Waals surface area contributed by atoms with Gasteiger partial charge in [-0.25, -0.2) is 4.98 Å². The van der Waals surface area contributed by atoms with Crippen molar-refractivity contribution in [1.29, 1.82) is 0 Å². The summed E-state index contributed by atoms with van der Waals surface area (Å²) in [6.45, 7) is 25.8. The van der Waals surface area contributed by atoms with Crippen LogP contribution in [0.2, 0.25) is 36.3 Å². The Morgan fingerprint density at radius 1 is 0.846 bits per heavy atom. The van der Waals surface area contributed by atoms with Crippen molar-refractivity contribution in [1.82, 2.24) is 4.98 Å². The van der Waals surface area contributed by atoms with E-state index in [-0.39, 0.29) is 53.8 Å². The summed E-state index contributed by atoms with van der Waals surface area (Å²) in [6, 6.07) is 35.8. The van der Waals surface area contributed by atoms with Crippen LogP contribution in [0.25, 0.3) is 6.08 Å². The quantitative estimate of drug-likeness (QED) is 0.0686. The molecule has 2 saturated heterocycles. The fourth-order valence-corrected chi connectivity index (χ4v) is 17.7. The average molecular weight is 942 g/mol. The third kappa shape index (κ3) is 12.0. The van der Waals surface area contributed by atoms with Crippen LogP contribution >= 0.6 is 0 Å². The molecule has 1 N–H and O–H groups in total. The molecule has 2 aliphatic heterocycles. The van der Waals surface area contributed by atoms with Gasteiger partial charge >= 0.3 is 0 Å². The summed E-state index contributed by atoms with van der Waals surface area (Å²) < 4.78 is 46.9. The smallest absolute Gasteiger partial charge is 0.288 e. The SMILES string of the molecule is CC[Si](CC)(CC)OCC[C@H]1O[C@@H](/C(C)=C/c2coc(C[C@]3(O)C[C@H](OC)C[C@H](CO[Si](C)(C)C(C)(C)C)O3)n2)[C@H](C)[C@@H](O[Si](c2ccccc2)(c2ccccc2)c2ccccc2)[C@H]1C. The summed E-state index contributed by atoms with van der Waals surface area (Å²) in [5, 5.41) is 15.6. The van der Waals surface area contributed by atoms with Crippen LogP contribution in [-0.2, 0) is 33.9 Å². The summed E-state index contributed by atoms with van der Waals surface area (Å²) in [5.74, 6) is -1.06. The molecular weight excluding hydrogens is 863 g/mol. The van der Waals surface area contributed by atoms with Crippen molar-refractivity contribution in [3.63, 3.8) is 0 Å². The van der Waals surface area contributed by atoms with Crippen molar-refractivity contribution in [2.75, 3.05) is 20.3 Å². The summed E-state index contributed by atoms with van der Waals surface area (Å²) >= 11 is 0. The molecular formula is C53H79NO8Si3. The maximum absolute atomic E-state index is 11.9. The molecule has 0 spiro atoms. The maximum Gasteiger partial charge on any atom is 0.288 e. The minimum Gasteiger partial charge on any atom is -0.448 e. The zero-order valence-corrected chi connectivity index (χ0v) is 44.5. The Hall–Kier alpha value is -3.02. The first kappa shape index (κ1) is 51.4. The fraction of sp³-hybridized carbons (Fsp3) is 0.566. The number of benzene rings is 3. The van der Waals surface area contributed by atoms with Crippen molar-refractivity contribution in [2.45, 2.75) is 161 Å². The molecule has 2 aliphatic rings. The molecule has 12 heteroatoms. The molecule has 3 heterocycles. The van der Waals surface area contributed by atoms with Crippen LogP contribution in [-0.4, -0.2) is 91.7 Å². The van der Waals surface area contributed by atoms with Crippen LogP contribution in [0.4, 0.5) is 0 Å². The maximum atomic E-state index is 11.9. The molecule has 2 fully saturated rings. The molecule has 9 nitrogen and oxygen atoms in total. The highest BCUT2D eigenvalue weighted by molar-refractivity contribution is 7.07. The lowest BCUT2D eigenvalue weighted by Gasteiger charge is -2.49. The molecule has 65 heavy (non-hydrogen) atoms. The number of hydrogen-bond donors (Lipinski definition) is 1. The van der Waals surface area contributed by atoms with Crippen molar-refractivity contribution in [3.8, 4) is 0 Å². The summed E-state index contributed by atoms with van der Waals surface area (Å²) in [5.41, 5.74) is 1.69. The van der Waals surface area contributed by atoms with Gasteiger partial charge in [-0.3, -0.25) is 0 Å². The fourth-order valence-electron chi connectivity index (χ4n) is 9.82. The van der Waals surface area contributed by atoms with Gasteiger partial charge in [0.1, 0.15) is 12.0 Å². The second-order valence-corrected chi connectivity index (χ2v) is 33.3. The van der Waals surface area contributed by atoms with Crippen LogP contribution in [0.5, 0.6) is 0 Å². The van der Waals surface area contributed by atoms with Gasteiger partial charge in [0.2, 0.25) is 0 Å². The van der Waals surface area contributed by atoms with Gasteiger partial charge in [-0.2, -0.15) is 0 Å². The number of methoxy groups -OCH3 is 1. The summed E-state index contributed by atoms with van der Waals surface area (Å²) in [4.78, 5) is 4.90. The molecule has 8 atom stereocenters. The lowest BCUT2D eigenvalue weighted by molar-refractivity contribution is -0.279. The van der Waals surface area contributed by atoms with Gasteiger partial charge in [0.15, 0.2) is 28.3 Å². The van der Waals surface area contributed by atoms with Crippen LogP contribution in [0.15, 0.2) is 107 Å². The van der Waals surface area contributed by atoms with Crippen LogP contribution < -0.4 is 15.6 Å². The Bertz CT molecular complexity index is 1980. The molecule has 0 saturated carbocycles. The van der Waals surface area contributed by atoms with E-state index in [4.69, 9.17) is 36.9 Å². The average Bonchev–Trinajstić information content (AvgIpc) is 3.73. The molecule has 0 bridgehead atoms. The number of rotatable bonds is 20. The monoisotopic (exact) mass is 942 g/mol. The predicted molar refractivity (Wildman–Crippen MR) is 270 cm³/mol. The van der Waals surface area contributed by atoms with Gasteiger partial charge in [-0.15, -0.1) is 0 Å². The molecule has 0 aliphatic carbocycles. The molecule has 0 unspecified atom stereocenters. The van der Waals surface area contributed by atoms with E-state index in [1.807, 2.05) is 0 Å². The molecule has 0 radical (unpaired) electrons. The molecule has 1 aromatic heterocycles. The van der Waals surface area contributed by atoms with Gasteiger partial charge in [-0.1, -0.05) is 146 Å². The van der Waals surface area contributed by atoms with Gasteiger partial charge in [0.25, 0.3) is 8.32 Å². The van der Waals surface area contributed by atoms with E-state index >= 15 is 0 Å². The van der Waals surface area contributed by atoms with Crippen molar-refractivity contribution >= 4 is 46.6 Å². The third-order valence-corrected chi connectivity index (χ3v) is 28.3. The van der Waals surface area contributed by atoms with Crippen LogP contribution in [0.1, 0.15) is 93.2 Å². The van der Waals surface area contributed by atoms with E-state index in [0.717, 1.165) is 30.1 Å². The van der Waals surface area contributed by atoms with Gasteiger partial charge in [-0.05, 0) is 76.8 Å². The predicted octanol–water partition coefficient (Wildman–Crippen LogP) is 10.0. The number of aliphatic hydroxyl groups is 1. The van der Waals surface area contributed by atoms with Crippen LogP contribution in [0.3, 0.4) is 0 Å². The summed E-state index contributed by atoms with van der Waals surface area (Å²) in [7, 11) is -5.23. The van der Waals surface area contributed by atoms with Crippen molar-refractivity contribution in [2.24, 2.45) is 11.8 Å². The van der Waals surface area contributed by atoms with E-state index in [1.165, 1.54) is 15.6 Å².